The van der Waals surface area contributed by atoms with Crippen LogP contribution in [0, 0.1) is 13.8 Å². The maximum atomic E-state index is 12.3. The van der Waals surface area contributed by atoms with Gasteiger partial charge in [-0.3, -0.25) is 4.79 Å². The highest BCUT2D eigenvalue weighted by atomic mass is 79.9. The van der Waals surface area contributed by atoms with Gasteiger partial charge >= 0.3 is 0 Å². The number of hydrogen-bond donors (Lipinski definition) is 1. The van der Waals surface area contributed by atoms with Gasteiger partial charge in [0.05, 0.1) is 5.69 Å². The lowest BCUT2D eigenvalue weighted by Crippen LogP contribution is -2.14. The Balaban J connectivity index is 2.21. The minimum Gasteiger partial charge on any atom is -0.321 e. The van der Waals surface area contributed by atoms with Gasteiger partial charge in [0, 0.05) is 10.0 Å². The lowest BCUT2D eigenvalue weighted by Gasteiger charge is -2.12. The molecule has 0 saturated carbocycles. The van der Waals surface area contributed by atoms with E-state index >= 15 is 0 Å². The lowest BCUT2D eigenvalue weighted by atomic mass is 10.1. The van der Waals surface area contributed by atoms with Crippen LogP contribution in [0.3, 0.4) is 0 Å². The van der Waals surface area contributed by atoms with Gasteiger partial charge in [0.2, 0.25) is 0 Å². The topological polar surface area (TPSA) is 29.1 Å². The number of amides is 1. The maximum absolute atomic E-state index is 12.3. The van der Waals surface area contributed by atoms with E-state index in [4.69, 9.17) is 0 Å². The van der Waals surface area contributed by atoms with Gasteiger partial charge in [-0.2, -0.15) is 0 Å². The Morgan fingerprint density at radius 3 is 2.43 bits per heavy atom. The van der Waals surface area contributed by atoms with Gasteiger partial charge in [-0.1, -0.05) is 36.4 Å². The Labute approximate surface area is 134 Å². The third-order valence-corrected chi connectivity index (χ3v) is 3.84. The number of carbonyl (C=O) groups excluding carboxylic acids is 1. The Hall–Kier alpha value is -1.87. The molecule has 21 heavy (non-hydrogen) atoms. The molecule has 1 amide bonds. The number of benzene rings is 2. The average Bonchev–Trinajstić information content (AvgIpc) is 2.43. The molecule has 2 aromatic carbocycles. The molecular weight excluding hydrogens is 326 g/mol. The van der Waals surface area contributed by atoms with Crippen molar-refractivity contribution in [2.75, 3.05) is 5.32 Å². The van der Waals surface area contributed by atoms with E-state index in [0.29, 0.717) is 5.57 Å². The second kappa shape index (κ2) is 6.72. The van der Waals surface area contributed by atoms with Crippen LogP contribution in [0.4, 0.5) is 5.69 Å². The van der Waals surface area contributed by atoms with E-state index in [2.05, 4.69) is 27.3 Å². The fraction of sp³-hybridized carbons (Fsp3) is 0.167. The summed E-state index contributed by atoms with van der Waals surface area (Å²) < 4.78 is 0.904. The first kappa shape index (κ1) is 15.5. The summed E-state index contributed by atoms with van der Waals surface area (Å²) in [6.07, 6.45) is 1.88. The molecule has 0 fully saturated rings. The largest absolute Gasteiger partial charge is 0.321 e. The van der Waals surface area contributed by atoms with Crippen molar-refractivity contribution in [3.63, 3.8) is 0 Å². The number of hydrogen-bond acceptors (Lipinski definition) is 1. The number of aryl methyl sites for hydroxylation is 2. The van der Waals surface area contributed by atoms with Crippen molar-refractivity contribution in [2.24, 2.45) is 0 Å². The van der Waals surface area contributed by atoms with Crippen molar-refractivity contribution >= 4 is 33.6 Å². The third-order valence-electron chi connectivity index (χ3n) is 3.21. The van der Waals surface area contributed by atoms with E-state index in [1.54, 1.807) is 0 Å². The zero-order chi connectivity index (χ0) is 15.4. The van der Waals surface area contributed by atoms with Crippen LogP contribution in [-0.2, 0) is 4.79 Å². The Kier molecular flexibility index (Phi) is 4.97. The van der Waals surface area contributed by atoms with Crippen LogP contribution in [0.2, 0.25) is 0 Å². The van der Waals surface area contributed by atoms with E-state index in [0.717, 1.165) is 26.9 Å². The van der Waals surface area contributed by atoms with Crippen LogP contribution < -0.4 is 5.32 Å². The van der Waals surface area contributed by atoms with Crippen molar-refractivity contribution in [3.8, 4) is 0 Å². The molecule has 0 aliphatic rings. The predicted octanol–water partition coefficient (Wildman–Crippen LogP) is 5.11. The quantitative estimate of drug-likeness (QED) is 0.771. The van der Waals surface area contributed by atoms with Crippen LogP contribution in [-0.4, -0.2) is 5.91 Å². The van der Waals surface area contributed by atoms with E-state index < -0.39 is 0 Å². The van der Waals surface area contributed by atoms with Crippen molar-refractivity contribution in [2.45, 2.75) is 20.8 Å². The van der Waals surface area contributed by atoms with E-state index in [-0.39, 0.29) is 5.91 Å². The summed E-state index contributed by atoms with van der Waals surface area (Å²) in [4.78, 5) is 12.3. The first-order chi connectivity index (χ1) is 9.97. The van der Waals surface area contributed by atoms with Gasteiger partial charge in [-0.05, 0) is 65.5 Å². The van der Waals surface area contributed by atoms with Crippen LogP contribution in [0.5, 0.6) is 0 Å². The lowest BCUT2D eigenvalue weighted by molar-refractivity contribution is -0.112. The summed E-state index contributed by atoms with van der Waals surface area (Å²) in [5, 5.41) is 2.97. The number of carbonyl (C=O) groups is 1. The highest BCUT2D eigenvalue weighted by molar-refractivity contribution is 9.10. The van der Waals surface area contributed by atoms with Crippen molar-refractivity contribution in [1.29, 1.82) is 0 Å². The fourth-order valence-electron chi connectivity index (χ4n) is 2.15. The van der Waals surface area contributed by atoms with Crippen molar-refractivity contribution in [3.05, 3.63) is 69.2 Å². The molecule has 108 valence electrons. The molecule has 0 saturated heterocycles. The average molecular weight is 344 g/mol. The van der Waals surface area contributed by atoms with Crippen LogP contribution in [0.15, 0.2) is 52.5 Å². The summed E-state index contributed by atoms with van der Waals surface area (Å²) in [5.41, 5.74) is 4.72. The number of nitrogens with one attached hydrogen (secondary N) is 1. The SMILES string of the molecule is C/C(=C\c1ccccc1)C(=O)Nc1c(C)cc(C)cc1Br. The minimum absolute atomic E-state index is 0.0912. The Bertz CT molecular complexity index is 667. The molecule has 0 bridgehead atoms. The van der Waals surface area contributed by atoms with Crippen molar-refractivity contribution < 1.29 is 4.79 Å². The molecule has 0 atom stereocenters. The molecule has 2 rings (SSSR count). The fourth-order valence-corrected chi connectivity index (χ4v) is 2.92. The summed E-state index contributed by atoms with van der Waals surface area (Å²) in [7, 11) is 0. The molecule has 0 aliphatic heterocycles. The second-order valence-electron chi connectivity index (χ2n) is 5.13. The molecule has 0 heterocycles. The standard InChI is InChI=1S/C18H18BrNO/c1-12-9-13(2)17(16(19)10-12)20-18(21)14(3)11-15-7-5-4-6-8-15/h4-11H,1-3H3,(H,20,21)/b14-11+. The van der Waals surface area contributed by atoms with E-state index in [9.17, 15) is 4.79 Å². The maximum Gasteiger partial charge on any atom is 0.251 e. The van der Waals surface area contributed by atoms with Gasteiger partial charge in [0.1, 0.15) is 0 Å². The monoisotopic (exact) mass is 343 g/mol. The van der Waals surface area contributed by atoms with Gasteiger partial charge in [-0.15, -0.1) is 0 Å². The first-order valence-electron chi connectivity index (χ1n) is 6.79. The van der Waals surface area contributed by atoms with Crippen LogP contribution in [0.25, 0.3) is 6.08 Å². The molecular formula is C18H18BrNO. The Morgan fingerprint density at radius 1 is 1.14 bits per heavy atom. The molecule has 2 aromatic rings. The van der Waals surface area contributed by atoms with Crippen LogP contribution in [0.1, 0.15) is 23.6 Å². The smallest absolute Gasteiger partial charge is 0.251 e. The van der Waals surface area contributed by atoms with Gasteiger partial charge in [0.15, 0.2) is 0 Å². The predicted molar refractivity (Wildman–Crippen MR) is 92.3 cm³/mol. The van der Waals surface area contributed by atoms with Crippen molar-refractivity contribution in [1.82, 2.24) is 0 Å². The summed E-state index contributed by atoms with van der Waals surface area (Å²) >= 11 is 3.51. The molecule has 0 radical (unpaired) electrons. The van der Waals surface area contributed by atoms with Gasteiger partial charge < -0.3 is 5.32 Å². The highest BCUT2D eigenvalue weighted by Crippen LogP contribution is 2.28. The number of anilines is 1. The molecule has 0 aromatic heterocycles. The van der Waals surface area contributed by atoms with Gasteiger partial charge in [0.25, 0.3) is 5.91 Å². The summed E-state index contributed by atoms with van der Waals surface area (Å²) in [6.45, 7) is 5.84. The molecule has 0 unspecified atom stereocenters. The zero-order valence-electron chi connectivity index (χ0n) is 12.4. The second-order valence-corrected chi connectivity index (χ2v) is 5.99. The third kappa shape index (κ3) is 4.05. The minimum atomic E-state index is -0.0912. The zero-order valence-corrected chi connectivity index (χ0v) is 14.0. The number of halogens is 1. The molecule has 0 spiro atoms. The van der Waals surface area contributed by atoms with E-state index in [1.807, 2.05) is 63.2 Å². The molecule has 3 heteroatoms. The molecule has 0 aliphatic carbocycles. The Morgan fingerprint density at radius 2 is 1.81 bits per heavy atom. The normalized spacial score (nSPS) is 11.3. The van der Waals surface area contributed by atoms with E-state index in [1.165, 1.54) is 0 Å². The van der Waals surface area contributed by atoms with Gasteiger partial charge in [-0.25, -0.2) is 0 Å². The van der Waals surface area contributed by atoms with Crippen LogP contribution >= 0.6 is 15.9 Å². The summed E-state index contributed by atoms with van der Waals surface area (Å²) in [5.74, 6) is -0.0912. The first-order valence-corrected chi connectivity index (χ1v) is 7.58. The highest BCUT2D eigenvalue weighted by Gasteiger charge is 2.10. The number of rotatable bonds is 3. The molecule has 2 nitrogen and oxygen atoms in total. The summed E-state index contributed by atoms with van der Waals surface area (Å²) in [6, 6.07) is 13.9. The molecule has 1 N–H and O–H groups in total.